The molecule has 0 saturated heterocycles. The van der Waals surface area contributed by atoms with Crippen LogP contribution in [0.4, 0.5) is 0 Å². The summed E-state index contributed by atoms with van der Waals surface area (Å²) in [7, 11) is 0. The van der Waals surface area contributed by atoms with Gasteiger partial charge in [-0.3, -0.25) is 9.48 Å². The SMILES string of the molecule is CCC(C)n1ccc(COc2c(Cl)cccc2C=O)n1. The summed E-state index contributed by atoms with van der Waals surface area (Å²) in [6.07, 6.45) is 3.68. The molecule has 0 bridgehead atoms. The first-order chi connectivity index (χ1) is 9.65. The van der Waals surface area contributed by atoms with Crippen molar-refractivity contribution in [3.63, 3.8) is 0 Å². The minimum atomic E-state index is 0.286. The van der Waals surface area contributed by atoms with Crippen molar-refractivity contribution in [2.24, 2.45) is 0 Å². The molecule has 0 N–H and O–H groups in total. The van der Waals surface area contributed by atoms with Crippen molar-refractivity contribution in [1.29, 1.82) is 0 Å². The largest absolute Gasteiger partial charge is 0.485 e. The molecule has 0 fully saturated rings. The van der Waals surface area contributed by atoms with Crippen molar-refractivity contribution in [1.82, 2.24) is 9.78 Å². The molecule has 0 spiro atoms. The third kappa shape index (κ3) is 3.20. The summed E-state index contributed by atoms with van der Waals surface area (Å²) in [5, 5.41) is 4.87. The van der Waals surface area contributed by atoms with Crippen LogP contribution in [0.25, 0.3) is 0 Å². The summed E-state index contributed by atoms with van der Waals surface area (Å²) in [5.41, 5.74) is 1.25. The fraction of sp³-hybridized carbons (Fsp3) is 0.333. The van der Waals surface area contributed by atoms with Crippen LogP contribution in [0.1, 0.15) is 42.4 Å². The van der Waals surface area contributed by atoms with Crippen LogP contribution >= 0.6 is 11.6 Å². The van der Waals surface area contributed by atoms with Gasteiger partial charge in [-0.15, -0.1) is 0 Å². The Hall–Kier alpha value is -1.81. The Labute approximate surface area is 123 Å². The van der Waals surface area contributed by atoms with E-state index in [-0.39, 0.29) is 6.61 Å². The molecule has 1 heterocycles. The molecule has 0 radical (unpaired) electrons. The van der Waals surface area contributed by atoms with Crippen LogP contribution in [-0.2, 0) is 6.61 Å². The summed E-state index contributed by atoms with van der Waals surface area (Å²) in [6, 6.07) is 7.35. The number of ether oxygens (including phenoxy) is 1. The number of aldehydes is 1. The molecular weight excluding hydrogens is 276 g/mol. The maximum absolute atomic E-state index is 11.0. The molecular formula is C15H17ClN2O2. The predicted octanol–water partition coefficient (Wildman–Crippen LogP) is 3.90. The van der Waals surface area contributed by atoms with Crippen LogP contribution < -0.4 is 4.74 Å². The van der Waals surface area contributed by atoms with Crippen molar-refractivity contribution in [2.75, 3.05) is 0 Å². The Morgan fingerprint density at radius 3 is 2.95 bits per heavy atom. The molecule has 2 rings (SSSR count). The first kappa shape index (κ1) is 14.6. The van der Waals surface area contributed by atoms with Crippen LogP contribution in [-0.4, -0.2) is 16.1 Å². The molecule has 20 heavy (non-hydrogen) atoms. The molecule has 1 atom stereocenters. The molecule has 106 valence electrons. The van der Waals surface area contributed by atoms with Crippen molar-refractivity contribution < 1.29 is 9.53 Å². The third-order valence-electron chi connectivity index (χ3n) is 3.19. The average Bonchev–Trinajstić information content (AvgIpc) is 2.93. The van der Waals surface area contributed by atoms with Gasteiger partial charge < -0.3 is 4.74 Å². The zero-order valence-electron chi connectivity index (χ0n) is 11.5. The quantitative estimate of drug-likeness (QED) is 0.759. The first-order valence-corrected chi connectivity index (χ1v) is 6.94. The van der Waals surface area contributed by atoms with Crippen molar-refractivity contribution in [3.8, 4) is 5.75 Å². The summed E-state index contributed by atoms with van der Waals surface area (Å²) in [5.74, 6) is 0.405. The predicted molar refractivity (Wildman–Crippen MR) is 78.4 cm³/mol. The van der Waals surface area contributed by atoms with E-state index in [1.807, 2.05) is 16.9 Å². The second kappa shape index (κ2) is 6.57. The van der Waals surface area contributed by atoms with E-state index < -0.39 is 0 Å². The standard InChI is InChI=1S/C15H17ClN2O2/c1-3-11(2)18-8-7-13(17-18)10-20-15-12(9-19)5-4-6-14(15)16/h4-9,11H,3,10H2,1-2H3. The number of para-hydroxylation sites is 1. The van der Waals surface area contributed by atoms with Crippen molar-refractivity contribution >= 4 is 17.9 Å². The van der Waals surface area contributed by atoms with Gasteiger partial charge in [-0.25, -0.2) is 0 Å². The van der Waals surface area contributed by atoms with Crippen LogP contribution in [0.5, 0.6) is 5.75 Å². The van der Waals surface area contributed by atoms with E-state index in [0.29, 0.717) is 22.4 Å². The van der Waals surface area contributed by atoms with Crippen molar-refractivity contribution in [3.05, 3.63) is 46.7 Å². The van der Waals surface area contributed by atoms with Gasteiger partial charge in [0.2, 0.25) is 0 Å². The first-order valence-electron chi connectivity index (χ1n) is 6.56. The van der Waals surface area contributed by atoms with E-state index in [4.69, 9.17) is 16.3 Å². The topological polar surface area (TPSA) is 44.1 Å². The van der Waals surface area contributed by atoms with Gasteiger partial charge in [0.05, 0.1) is 16.3 Å². The van der Waals surface area contributed by atoms with Gasteiger partial charge in [0.15, 0.2) is 6.29 Å². The Balaban J connectivity index is 2.09. The highest BCUT2D eigenvalue weighted by Gasteiger charge is 2.10. The van der Waals surface area contributed by atoms with E-state index in [1.54, 1.807) is 18.2 Å². The smallest absolute Gasteiger partial charge is 0.153 e. The fourth-order valence-electron chi connectivity index (χ4n) is 1.80. The summed E-state index contributed by atoms with van der Waals surface area (Å²) in [6.45, 7) is 4.51. The molecule has 0 amide bonds. The third-order valence-corrected chi connectivity index (χ3v) is 3.49. The number of hydrogen-bond acceptors (Lipinski definition) is 3. The molecule has 4 nitrogen and oxygen atoms in total. The highest BCUT2D eigenvalue weighted by atomic mass is 35.5. The Bertz CT molecular complexity index is 595. The zero-order valence-corrected chi connectivity index (χ0v) is 12.3. The lowest BCUT2D eigenvalue weighted by molar-refractivity contribution is 0.111. The molecule has 0 aliphatic heterocycles. The summed E-state index contributed by atoms with van der Waals surface area (Å²) in [4.78, 5) is 11.0. The number of hydrogen-bond donors (Lipinski definition) is 0. The zero-order chi connectivity index (χ0) is 14.5. The van der Waals surface area contributed by atoms with Crippen LogP contribution in [0.15, 0.2) is 30.5 Å². The molecule has 1 aromatic heterocycles. The average molecular weight is 293 g/mol. The number of halogens is 1. The molecule has 1 aromatic carbocycles. The number of carbonyl (C=O) groups is 1. The summed E-state index contributed by atoms with van der Waals surface area (Å²) >= 11 is 6.04. The van der Waals surface area contributed by atoms with Crippen LogP contribution in [0.3, 0.4) is 0 Å². The second-order valence-corrected chi connectivity index (χ2v) is 5.02. The maximum Gasteiger partial charge on any atom is 0.153 e. The minimum Gasteiger partial charge on any atom is -0.485 e. The van der Waals surface area contributed by atoms with E-state index in [2.05, 4.69) is 18.9 Å². The second-order valence-electron chi connectivity index (χ2n) is 4.61. The molecule has 1 unspecified atom stereocenters. The number of benzene rings is 1. The number of carbonyl (C=O) groups excluding carboxylic acids is 1. The van der Waals surface area contributed by atoms with E-state index in [9.17, 15) is 4.79 Å². The monoisotopic (exact) mass is 292 g/mol. The Kier molecular flexibility index (Phi) is 4.79. The van der Waals surface area contributed by atoms with Gasteiger partial charge in [0, 0.05) is 12.2 Å². The maximum atomic E-state index is 11.0. The molecule has 5 heteroatoms. The van der Waals surface area contributed by atoms with Crippen LogP contribution in [0.2, 0.25) is 5.02 Å². The van der Waals surface area contributed by atoms with Gasteiger partial charge in [-0.2, -0.15) is 5.10 Å². The van der Waals surface area contributed by atoms with Gasteiger partial charge in [-0.05, 0) is 31.5 Å². The van der Waals surface area contributed by atoms with Gasteiger partial charge >= 0.3 is 0 Å². The molecule has 0 aliphatic carbocycles. The Morgan fingerprint density at radius 2 is 2.25 bits per heavy atom. The number of rotatable bonds is 6. The summed E-state index contributed by atoms with van der Waals surface area (Å²) < 4.78 is 7.54. The van der Waals surface area contributed by atoms with Gasteiger partial charge in [-0.1, -0.05) is 24.6 Å². The number of nitrogens with zero attached hydrogens (tertiary/aromatic N) is 2. The number of aromatic nitrogens is 2. The van der Waals surface area contributed by atoms with Gasteiger partial charge in [0.25, 0.3) is 0 Å². The minimum absolute atomic E-state index is 0.286. The van der Waals surface area contributed by atoms with E-state index in [0.717, 1.165) is 18.4 Å². The molecule has 0 aliphatic rings. The Morgan fingerprint density at radius 1 is 1.45 bits per heavy atom. The van der Waals surface area contributed by atoms with Crippen LogP contribution in [0, 0.1) is 0 Å². The molecule has 2 aromatic rings. The normalized spacial score (nSPS) is 12.2. The lowest BCUT2D eigenvalue weighted by Crippen LogP contribution is -2.06. The van der Waals surface area contributed by atoms with Crippen molar-refractivity contribution in [2.45, 2.75) is 32.9 Å². The van der Waals surface area contributed by atoms with E-state index in [1.165, 1.54) is 0 Å². The van der Waals surface area contributed by atoms with Gasteiger partial charge in [0.1, 0.15) is 12.4 Å². The fourth-order valence-corrected chi connectivity index (χ4v) is 2.04. The molecule has 0 saturated carbocycles. The highest BCUT2D eigenvalue weighted by molar-refractivity contribution is 6.32. The van der Waals surface area contributed by atoms with E-state index >= 15 is 0 Å². The lowest BCUT2D eigenvalue weighted by Gasteiger charge is -2.10. The highest BCUT2D eigenvalue weighted by Crippen LogP contribution is 2.28. The lowest BCUT2D eigenvalue weighted by atomic mass is 10.2.